The lowest BCUT2D eigenvalue weighted by molar-refractivity contribution is -0.127. The molecule has 0 aliphatic heterocycles. The van der Waals surface area contributed by atoms with Crippen LogP contribution in [0, 0.1) is 11.8 Å². The third-order valence-electron chi connectivity index (χ3n) is 2.86. The zero-order valence-electron chi connectivity index (χ0n) is 5.92. The van der Waals surface area contributed by atoms with Crippen LogP contribution in [0.3, 0.4) is 0 Å². The molecule has 56 valence electrons. The van der Waals surface area contributed by atoms with Gasteiger partial charge in [-0.05, 0) is 25.2 Å². The van der Waals surface area contributed by atoms with Gasteiger partial charge >= 0.3 is 0 Å². The maximum Gasteiger partial charge on any atom is 0.164 e. The maximum atomic E-state index is 11.1. The molecule has 0 amide bonds. The van der Waals surface area contributed by atoms with Crippen LogP contribution in [0.5, 0.6) is 0 Å². The molecule has 2 saturated carbocycles. The van der Waals surface area contributed by atoms with Crippen LogP contribution in [0.2, 0.25) is 0 Å². The molecular formula is C8H12O2. The fraction of sp³-hybridized carbons (Fsp3) is 0.875. The minimum absolute atomic E-state index is 0.113. The Hall–Kier alpha value is -0.370. The van der Waals surface area contributed by atoms with Gasteiger partial charge in [0.2, 0.25) is 0 Å². The van der Waals surface area contributed by atoms with E-state index in [-0.39, 0.29) is 11.7 Å². The Balaban J connectivity index is 2.21. The van der Waals surface area contributed by atoms with E-state index in [9.17, 15) is 9.90 Å². The summed E-state index contributed by atoms with van der Waals surface area (Å²) in [6.45, 7) is 0. The van der Waals surface area contributed by atoms with Gasteiger partial charge in [-0.25, -0.2) is 0 Å². The van der Waals surface area contributed by atoms with Gasteiger partial charge in [-0.3, -0.25) is 4.79 Å². The highest BCUT2D eigenvalue weighted by Crippen LogP contribution is 2.39. The molecule has 3 atom stereocenters. The van der Waals surface area contributed by atoms with E-state index in [4.69, 9.17) is 0 Å². The van der Waals surface area contributed by atoms with Crippen molar-refractivity contribution in [3.8, 4) is 0 Å². The van der Waals surface area contributed by atoms with E-state index in [0.29, 0.717) is 5.92 Å². The van der Waals surface area contributed by atoms with Crippen LogP contribution >= 0.6 is 0 Å². The predicted molar refractivity (Wildman–Crippen MR) is 36.5 cm³/mol. The Morgan fingerprint density at radius 1 is 1.40 bits per heavy atom. The van der Waals surface area contributed by atoms with Crippen LogP contribution in [-0.2, 0) is 4.79 Å². The molecule has 10 heavy (non-hydrogen) atoms. The van der Waals surface area contributed by atoms with E-state index in [1.54, 1.807) is 0 Å². The highest BCUT2D eigenvalue weighted by molar-refractivity contribution is 5.87. The second-order valence-electron chi connectivity index (χ2n) is 3.47. The predicted octanol–water partition coefficient (Wildman–Crippen LogP) is 0.736. The highest BCUT2D eigenvalue weighted by atomic mass is 16.3. The third-order valence-corrected chi connectivity index (χ3v) is 2.86. The van der Waals surface area contributed by atoms with Gasteiger partial charge in [0.05, 0.1) is 0 Å². The Labute approximate surface area is 60.2 Å². The quantitative estimate of drug-likeness (QED) is 0.538. The summed E-state index contributed by atoms with van der Waals surface area (Å²) in [5.41, 5.74) is 0. The molecule has 2 aliphatic rings. The first-order valence-electron chi connectivity index (χ1n) is 4.01. The summed E-state index contributed by atoms with van der Waals surface area (Å²) < 4.78 is 0. The smallest absolute Gasteiger partial charge is 0.164 e. The zero-order valence-corrected chi connectivity index (χ0v) is 5.92. The van der Waals surface area contributed by atoms with E-state index >= 15 is 0 Å². The van der Waals surface area contributed by atoms with Crippen LogP contribution in [0.25, 0.3) is 0 Å². The molecule has 2 nitrogen and oxygen atoms in total. The number of rotatable bonds is 0. The number of aliphatic hydroxyl groups is 1. The van der Waals surface area contributed by atoms with Gasteiger partial charge in [-0.2, -0.15) is 0 Å². The fourth-order valence-electron chi connectivity index (χ4n) is 2.25. The van der Waals surface area contributed by atoms with Gasteiger partial charge < -0.3 is 5.11 Å². The molecule has 2 fully saturated rings. The van der Waals surface area contributed by atoms with Crippen molar-refractivity contribution >= 4 is 5.78 Å². The Bertz CT molecular complexity index is 161. The third kappa shape index (κ3) is 0.717. The minimum atomic E-state index is -0.604. The monoisotopic (exact) mass is 140 g/mol. The summed E-state index contributed by atoms with van der Waals surface area (Å²) in [5, 5.41) is 9.32. The number of aliphatic hydroxyl groups excluding tert-OH is 1. The SMILES string of the molecule is O=C1C2CCCC(C2)C1O. The van der Waals surface area contributed by atoms with Crippen molar-refractivity contribution in [1.82, 2.24) is 0 Å². The van der Waals surface area contributed by atoms with Gasteiger partial charge in [-0.15, -0.1) is 0 Å². The summed E-state index contributed by atoms with van der Waals surface area (Å²) in [7, 11) is 0. The summed E-state index contributed by atoms with van der Waals surface area (Å²) in [6, 6.07) is 0. The largest absolute Gasteiger partial charge is 0.385 e. The normalized spacial score (nSPS) is 46.1. The first kappa shape index (κ1) is 6.35. The van der Waals surface area contributed by atoms with Crippen molar-refractivity contribution in [2.24, 2.45) is 11.8 Å². The van der Waals surface area contributed by atoms with Crippen molar-refractivity contribution in [2.45, 2.75) is 31.8 Å². The number of carbonyl (C=O) groups excluding carboxylic acids is 1. The fourth-order valence-corrected chi connectivity index (χ4v) is 2.25. The summed E-state index contributed by atoms with van der Waals surface area (Å²) >= 11 is 0. The number of carbonyl (C=O) groups is 1. The van der Waals surface area contributed by atoms with E-state index in [0.717, 1.165) is 25.7 Å². The lowest BCUT2D eigenvalue weighted by atomic mass is 9.89. The first-order valence-corrected chi connectivity index (χ1v) is 4.01. The Morgan fingerprint density at radius 2 is 2.20 bits per heavy atom. The van der Waals surface area contributed by atoms with Gasteiger partial charge in [0.15, 0.2) is 5.78 Å². The molecule has 2 rings (SSSR count). The van der Waals surface area contributed by atoms with Crippen molar-refractivity contribution in [3.05, 3.63) is 0 Å². The van der Waals surface area contributed by atoms with E-state index < -0.39 is 6.10 Å². The second-order valence-corrected chi connectivity index (χ2v) is 3.47. The highest BCUT2D eigenvalue weighted by Gasteiger charge is 2.42. The molecule has 2 heteroatoms. The van der Waals surface area contributed by atoms with Crippen molar-refractivity contribution < 1.29 is 9.90 Å². The van der Waals surface area contributed by atoms with E-state index in [1.165, 1.54) is 0 Å². The van der Waals surface area contributed by atoms with Crippen LogP contribution in [0.15, 0.2) is 0 Å². The molecule has 2 bridgehead atoms. The molecule has 0 spiro atoms. The zero-order chi connectivity index (χ0) is 7.14. The molecule has 0 radical (unpaired) electrons. The molecule has 0 heterocycles. The number of Topliss-reactive ketones (excluding diaryl/α,β-unsaturated/α-hetero) is 1. The molecule has 0 aromatic heterocycles. The number of hydrogen-bond donors (Lipinski definition) is 1. The second kappa shape index (κ2) is 2.06. The molecule has 0 aromatic carbocycles. The van der Waals surface area contributed by atoms with E-state index in [2.05, 4.69) is 0 Å². The number of ketones is 1. The summed E-state index contributed by atoms with van der Waals surface area (Å²) in [5.74, 6) is 0.641. The van der Waals surface area contributed by atoms with Gasteiger partial charge in [0.25, 0.3) is 0 Å². The molecule has 1 N–H and O–H groups in total. The van der Waals surface area contributed by atoms with Crippen LogP contribution in [0.1, 0.15) is 25.7 Å². The van der Waals surface area contributed by atoms with Gasteiger partial charge in [-0.1, -0.05) is 6.42 Å². The van der Waals surface area contributed by atoms with Gasteiger partial charge in [0, 0.05) is 5.92 Å². The first-order chi connectivity index (χ1) is 4.79. The lowest BCUT2D eigenvalue weighted by Gasteiger charge is -2.16. The lowest BCUT2D eigenvalue weighted by Crippen LogP contribution is -2.20. The molecule has 2 aliphatic carbocycles. The topological polar surface area (TPSA) is 37.3 Å². The standard InChI is InChI=1S/C8H12O2/c9-7-5-2-1-3-6(4-5)8(7)10/h5-7,9H,1-4H2. The summed E-state index contributed by atoms with van der Waals surface area (Å²) in [6.07, 6.45) is 3.57. The average molecular weight is 140 g/mol. The average Bonchev–Trinajstić information content (AvgIpc) is 2.17. The molecular weight excluding hydrogens is 128 g/mol. The van der Waals surface area contributed by atoms with E-state index in [1.807, 2.05) is 0 Å². The molecule has 0 aromatic rings. The molecule has 3 unspecified atom stereocenters. The maximum absolute atomic E-state index is 11.1. The van der Waals surface area contributed by atoms with Crippen molar-refractivity contribution in [1.29, 1.82) is 0 Å². The van der Waals surface area contributed by atoms with Crippen molar-refractivity contribution in [3.63, 3.8) is 0 Å². The Morgan fingerprint density at radius 3 is 2.80 bits per heavy atom. The minimum Gasteiger partial charge on any atom is -0.385 e. The van der Waals surface area contributed by atoms with Gasteiger partial charge in [0.1, 0.15) is 6.10 Å². The number of hydrogen-bond acceptors (Lipinski definition) is 2. The van der Waals surface area contributed by atoms with Crippen LogP contribution < -0.4 is 0 Å². The molecule has 0 saturated heterocycles. The van der Waals surface area contributed by atoms with Crippen LogP contribution in [0.4, 0.5) is 0 Å². The van der Waals surface area contributed by atoms with Crippen molar-refractivity contribution in [2.75, 3.05) is 0 Å². The Kier molecular flexibility index (Phi) is 1.31. The number of fused-ring (bicyclic) bond motifs is 2. The summed E-state index contributed by atoms with van der Waals surface area (Å²) in [4.78, 5) is 11.1. The van der Waals surface area contributed by atoms with Crippen LogP contribution in [-0.4, -0.2) is 17.0 Å².